The molecule has 0 fully saturated rings. The van der Waals surface area contributed by atoms with E-state index < -0.39 is 0 Å². The Balaban J connectivity index is 1.64. The monoisotopic (exact) mass is 335 g/mol. The van der Waals surface area contributed by atoms with Crippen LogP contribution in [0.3, 0.4) is 0 Å². The molecule has 128 valence electrons. The Morgan fingerprint density at radius 1 is 1.00 bits per heavy atom. The average molecular weight is 335 g/mol. The van der Waals surface area contributed by atoms with Crippen LogP contribution in [0.15, 0.2) is 48.5 Å². The summed E-state index contributed by atoms with van der Waals surface area (Å²) >= 11 is 0. The van der Waals surface area contributed by atoms with Gasteiger partial charge >= 0.3 is 0 Å². The lowest BCUT2D eigenvalue weighted by Gasteiger charge is -2.14. The van der Waals surface area contributed by atoms with E-state index in [-0.39, 0.29) is 17.8 Å². The van der Waals surface area contributed by atoms with Crippen LogP contribution in [0.4, 0.5) is 0 Å². The van der Waals surface area contributed by atoms with Crippen LogP contribution in [0.1, 0.15) is 47.6 Å². The van der Waals surface area contributed by atoms with Crippen LogP contribution in [0, 0.1) is 0 Å². The first-order valence-corrected chi connectivity index (χ1v) is 8.27. The third kappa shape index (κ3) is 3.97. The Bertz CT molecular complexity index is 876. The molecule has 0 saturated heterocycles. The number of hydrogen-bond acceptors (Lipinski definition) is 5. The van der Waals surface area contributed by atoms with Gasteiger partial charge in [0.2, 0.25) is 5.82 Å². The van der Waals surface area contributed by atoms with Crippen molar-refractivity contribution in [2.45, 2.75) is 25.8 Å². The Hall–Kier alpha value is -2.86. The Morgan fingerprint density at radius 2 is 1.64 bits per heavy atom. The molecule has 0 aliphatic heterocycles. The summed E-state index contributed by atoms with van der Waals surface area (Å²) in [5.41, 5.74) is 9.69. The van der Waals surface area contributed by atoms with E-state index in [2.05, 4.69) is 46.5 Å². The minimum Gasteiger partial charge on any atom is -0.347 e. The molecule has 1 atom stereocenters. The summed E-state index contributed by atoms with van der Waals surface area (Å²) in [7, 11) is 0. The minimum absolute atomic E-state index is 0.0426. The largest absolute Gasteiger partial charge is 0.347 e. The maximum atomic E-state index is 12.2. The number of nitrogens with two attached hydrogens (primary N) is 1. The van der Waals surface area contributed by atoms with Gasteiger partial charge in [0.25, 0.3) is 5.91 Å². The zero-order valence-electron chi connectivity index (χ0n) is 14.3. The van der Waals surface area contributed by atoms with Crippen LogP contribution >= 0.6 is 0 Å². The van der Waals surface area contributed by atoms with Gasteiger partial charge in [0.05, 0.1) is 5.52 Å². The van der Waals surface area contributed by atoms with E-state index in [0.717, 1.165) is 5.56 Å². The number of hydrogen-bond donors (Lipinski definition) is 2. The van der Waals surface area contributed by atoms with E-state index in [9.17, 15) is 4.79 Å². The van der Waals surface area contributed by atoms with Crippen molar-refractivity contribution in [2.75, 3.05) is 6.54 Å². The van der Waals surface area contributed by atoms with E-state index in [1.54, 1.807) is 12.1 Å². The standard InChI is InChI=1S/C19H21N5O/c1-12(2)13-7-9-14(10-8-13)15(20)11-21-19(25)18-22-16-5-3-4-6-17(16)23-24-18/h3-10,12,15H,11,20H2,1-2H3,(H,21,25)/t15-/m0/s1. The second-order valence-electron chi connectivity index (χ2n) is 6.26. The number of fused-ring (bicyclic) bond motifs is 1. The number of nitrogens with one attached hydrogen (secondary N) is 1. The van der Waals surface area contributed by atoms with Crippen molar-refractivity contribution in [1.82, 2.24) is 20.5 Å². The summed E-state index contributed by atoms with van der Waals surface area (Å²) in [6, 6.07) is 15.1. The molecule has 3 N–H and O–H groups in total. The van der Waals surface area contributed by atoms with Gasteiger partial charge in [0.1, 0.15) is 5.52 Å². The molecule has 6 heteroatoms. The number of nitrogens with zero attached hydrogens (tertiary/aromatic N) is 3. The SMILES string of the molecule is CC(C)c1ccc([C@@H](N)CNC(=O)c2nnc3ccccc3n2)cc1. The molecule has 2 aromatic carbocycles. The van der Waals surface area contributed by atoms with Gasteiger partial charge in [-0.15, -0.1) is 10.2 Å². The number of rotatable bonds is 5. The highest BCUT2D eigenvalue weighted by atomic mass is 16.2. The highest BCUT2D eigenvalue weighted by Crippen LogP contribution is 2.17. The molecule has 0 spiro atoms. The van der Waals surface area contributed by atoms with Gasteiger partial charge < -0.3 is 11.1 Å². The number of carbonyl (C=O) groups is 1. The molecule has 3 aromatic rings. The number of amides is 1. The zero-order valence-corrected chi connectivity index (χ0v) is 14.3. The molecular weight excluding hydrogens is 314 g/mol. The van der Waals surface area contributed by atoms with Gasteiger partial charge in [-0.2, -0.15) is 0 Å². The third-order valence-electron chi connectivity index (χ3n) is 4.08. The molecule has 0 aliphatic rings. The van der Waals surface area contributed by atoms with Crippen LogP contribution in [0.25, 0.3) is 11.0 Å². The Labute approximate surface area is 146 Å². The van der Waals surface area contributed by atoms with Gasteiger partial charge in [-0.1, -0.05) is 50.2 Å². The lowest BCUT2D eigenvalue weighted by atomic mass is 9.99. The van der Waals surface area contributed by atoms with Gasteiger partial charge in [-0.05, 0) is 29.2 Å². The lowest BCUT2D eigenvalue weighted by Crippen LogP contribution is -2.33. The van der Waals surface area contributed by atoms with Crippen molar-refractivity contribution in [3.05, 3.63) is 65.5 Å². The molecule has 25 heavy (non-hydrogen) atoms. The molecule has 1 amide bonds. The van der Waals surface area contributed by atoms with E-state index in [1.807, 2.05) is 24.3 Å². The highest BCUT2D eigenvalue weighted by molar-refractivity contribution is 5.91. The van der Waals surface area contributed by atoms with Gasteiger partial charge in [0.15, 0.2) is 0 Å². The number of benzene rings is 2. The van der Waals surface area contributed by atoms with Gasteiger partial charge in [-0.25, -0.2) is 4.98 Å². The highest BCUT2D eigenvalue weighted by Gasteiger charge is 2.13. The first-order valence-electron chi connectivity index (χ1n) is 8.27. The fourth-order valence-electron chi connectivity index (χ4n) is 2.50. The third-order valence-corrected chi connectivity index (χ3v) is 4.08. The van der Waals surface area contributed by atoms with Crippen molar-refractivity contribution < 1.29 is 4.79 Å². The van der Waals surface area contributed by atoms with E-state index in [0.29, 0.717) is 23.5 Å². The molecular formula is C19H21N5O. The Morgan fingerprint density at radius 3 is 2.32 bits per heavy atom. The molecule has 0 radical (unpaired) electrons. The molecule has 0 saturated carbocycles. The fourth-order valence-corrected chi connectivity index (χ4v) is 2.50. The first-order chi connectivity index (χ1) is 12.0. The van der Waals surface area contributed by atoms with Gasteiger partial charge in [-0.3, -0.25) is 4.79 Å². The minimum atomic E-state index is -0.382. The predicted molar refractivity (Wildman–Crippen MR) is 97.1 cm³/mol. The number of aromatic nitrogens is 3. The summed E-state index contributed by atoms with van der Waals surface area (Å²) in [5.74, 6) is 0.135. The maximum absolute atomic E-state index is 12.2. The zero-order chi connectivity index (χ0) is 17.8. The van der Waals surface area contributed by atoms with E-state index in [1.165, 1.54) is 5.56 Å². The first kappa shape index (κ1) is 17.0. The summed E-state index contributed by atoms with van der Waals surface area (Å²) < 4.78 is 0. The molecule has 0 bridgehead atoms. The van der Waals surface area contributed by atoms with Gasteiger partial charge in [0, 0.05) is 12.6 Å². The summed E-state index contributed by atoms with van der Waals surface area (Å²) in [5, 5.41) is 10.7. The molecule has 6 nitrogen and oxygen atoms in total. The molecule has 1 aromatic heterocycles. The second kappa shape index (κ2) is 7.36. The smallest absolute Gasteiger partial charge is 0.291 e. The summed E-state index contributed by atoms with van der Waals surface area (Å²) in [6.45, 7) is 4.59. The van der Waals surface area contributed by atoms with Crippen molar-refractivity contribution in [3.8, 4) is 0 Å². The quantitative estimate of drug-likeness (QED) is 0.747. The molecule has 3 rings (SSSR count). The summed E-state index contributed by atoms with van der Waals surface area (Å²) in [6.07, 6.45) is 0. The van der Waals surface area contributed by atoms with Crippen molar-refractivity contribution in [2.24, 2.45) is 5.73 Å². The maximum Gasteiger partial charge on any atom is 0.291 e. The molecule has 1 heterocycles. The normalized spacial score (nSPS) is 12.3. The van der Waals surface area contributed by atoms with Crippen LogP contribution < -0.4 is 11.1 Å². The lowest BCUT2D eigenvalue weighted by molar-refractivity contribution is 0.0940. The van der Waals surface area contributed by atoms with Crippen LogP contribution in [0.5, 0.6) is 0 Å². The predicted octanol–water partition coefficient (Wildman–Crippen LogP) is 2.58. The topological polar surface area (TPSA) is 93.8 Å². The molecule has 0 unspecified atom stereocenters. The second-order valence-corrected chi connectivity index (χ2v) is 6.26. The summed E-state index contributed by atoms with van der Waals surface area (Å²) in [4.78, 5) is 16.5. The van der Waals surface area contributed by atoms with Crippen molar-refractivity contribution in [1.29, 1.82) is 0 Å². The average Bonchev–Trinajstić information content (AvgIpc) is 2.65. The van der Waals surface area contributed by atoms with Crippen LogP contribution in [0.2, 0.25) is 0 Å². The number of para-hydroxylation sites is 1. The van der Waals surface area contributed by atoms with E-state index >= 15 is 0 Å². The van der Waals surface area contributed by atoms with Crippen LogP contribution in [-0.4, -0.2) is 27.6 Å². The van der Waals surface area contributed by atoms with Crippen molar-refractivity contribution >= 4 is 16.9 Å². The Kier molecular flexibility index (Phi) is 5.00. The van der Waals surface area contributed by atoms with Crippen LogP contribution in [-0.2, 0) is 0 Å². The van der Waals surface area contributed by atoms with E-state index in [4.69, 9.17) is 5.73 Å². The molecule has 0 aliphatic carbocycles. The fraction of sp³-hybridized carbons (Fsp3) is 0.263. The number of carbonyl (C=O) groups excluding carboxylic acids is 1. The van der Waals surface area contributed by atoms with Crippen molar-refractivity contribution in [3.63, 3.8) is 0 Å².